The number of rotatable bonds is 5. The van der Waals surface area contributed by atoms with E-state index in [0.717, 1.165) is 16.6 Å². The molecular formula is C31H42BFO6. The molecule has 0 spiro atoms. The molecule has 212 valence electrons. The second-order valence-corrected chi connectivity index (χ2v) is 10.7. The monoisotopic (exact) mass is 540 g/mol. The van der Waals surface area contributed by atoms with Gasteiger partial charge in [-0.15, -0.1) is 6.58 Å². The predicted octanol–water partition coefficient (Wildman–Crippen LogP) is 6.45. The predicted molar refractivity (Wildman–Crippen MR) is 152 cm³/mol. The van der Waals surface area contributed by atoms with Crippen molar-refractivity contribution in [3.8, 4) is 11.5 Å². The molecule has 39 heavy (non-hydrogen) atoms. The molecule has 2 aromatic carbocycles. The van der Waals surface area contributed by atoms with Crippen LogP contribution in [-0.2, 0) is 25.3 Å². The van der Waals surface area contributed by atoms with E-state index >= 15 is 4.39 Å². The van der Waals surface area contributed by atoms with Gasteiger partial charge in [-0.05, 0) is 70.6 Å². The molecule has 1 aliphatic carbocycles. The van der Waals surface area contributed by atoms with Crippen molar-refractivity contribution < 1.29 is 32.7 Å². The van der Waals surface area contributed by atoms with E-state index in [4.69, 9.17) is 23.5 Å². The Kier molecular flexibility index (Phi) is 9.89. The van der Waals surface area contributed by atoms with Crippen LogP contribution in [-0.4, -0.2) is 38.0 Å². The Morgan fingerprint density at radius 1 is 1.15 bits per heavy atom. The average Bonchev–Trinajstić information content (AvgIpc) is 3.55. The number of esters is 1. The van der Waals surface area contributed by atoms with Crippen LogP contribution in [0.15, 0.2) is 43.0 Å². The maximum Gasteiger partial charge on any atom is 0.495 e. The standard InChI is InChI=1S/C26H30BFO6.C3H6.C2H6/c1-25(2)26(3,4)34-27(33-25)19-9-10-20(28)24-18(19)8-11-21(24)32-16-6-7-17-15(12-23(29)30-5)14-31-22(17)13-16;1-3-2;1-2/h6-7,9-10,13,15,21H,8,11-12,14H2,1-5H3;3H,1H2,2H3;1-2H3/t15-,21-;;/m1../s1. The third-order valence-electron chi connectivity index (χ3n) is 7.61. The van der Waals surface area contributed by atoms with Crippen molar-refractivity contribution in [2.45, 2.75) is 91.0 Å². The first-order valence-electron chi connectivity index (χ1n) is 13.7. The summed E-state index contributed by atoms with van der Waals surface area (Å²) in [5.74, 6) is 0.710. The van der Waals surface area contributed by atoms with Crippen molar-refractivity contribution in [1.29, 1.82) is 0 Å². The zero-order valence-electron chi connectivity index (χ0n) is 24.6. The minimum absolute atomic E-state index is 0.0383. The fraction of sp³-hybridized carbons (Fsp3) is 0.516. The number of methoxy groups -OCH3 is 1. The van der Waals surface area contributed by atoms with Crippen LogP contribution in [0.25, 0.3) is 0 Å². The molecule has 0 unspecified atom stereocenters. The van der Waals surface area contributed by atoms with E-state index < -0.39 is 24.4 Å². The fourth-order valence-corrected chi connectivity index (χ4v) is 4.96. The lowest BCUT2D eigenvalue weighted by Gasteiger charge is -2.32. The van der Waals surface area contributed by atoms with Gasteiger partial charge < -0.3 is 23.5 Å². The molecule has 2 aromatic rings. The second kappa shape index (κ2) is 12.6. The Morgan fingerprint density at radius 2 is 1.79 bits per heavy atom. The smallest absolute Gasteiger partial charge is 0.492 e. The Bertz CT molecular complexity index is 1160. The fourth-order valence-electron chi connectivity index (χ4n) is 4.96. The Labute approximate surface area is 233 Å². The summed E-state index contributed by atoms with van der Waals surface area (Å²) < 4.78 is 44.3. The summed E-state index contributed by atoms with van der Waals surface area (Å²) in [4.78, 5) is 11.7. The van der Waals surface area contributed by atoms with Crippen LogP contribution in [0.4, 0.5) is 4.39 Å². The molecule has 6 nitrogen and oxygen atoms in total. The van der Waals surface area contributed by atoms with Crippen molar-refractivity contribution in [1.82, 2.24) is 0 Å². The van der Waals surface area contributed by atoms with E-state index in [1.165, 1.54) is 13.2 Å². The van der Waals surface area contributed by atoms with E-state index in [1.807, 2.05) is 66.7 Å². The topological polar surface area (TPSA) is 63.2 Å². The van der Waals surface area contributed by atoms with Crippen molar-refractivity contribution in [3.05, 3.63) is 65.5 Å². The Morgan fingerprint density at radius 3 is 2.41 bits per heavy atom. The molecule has 0 radical (unpaired) electrons. The first-order valence-corrected chi connectivity index (χ1v) is 13.7. The molecule has 0 amide bonds. The lowest BCUT2D eigenvalue weighted by Crippen LogP contribution is -2.41. The maximum atomic E-state index is 15.0. The zero-order chi connectivity index (χ0) is 29.0. The molecule has 8 heteroatoms. The molecule has 2 heterocycles. The van der Waals surface area contributed by atoms with E-state index in [1.54, 1.807) is 12.1 Å². The van der Waals surface area contributed by atoms with Gasteiger partial charge >= 0.3 is 13.1 Å². The SMILES string of the molecule is C=CC.CC.COC(=O)C[C@@H]1COc2cc(O[C@@H]3CCc4c(B5OC(C)(C)C(C)(C)O5)ccc(F)c43)ccc21. The van der Waals surface area contributed by atoms with Gasteiger partial charge in [-0.1, -0.05) is 32.1 Å². The van der Waals surface area contributed by atoms with Crippen LogP contribution in [0.2, 0.25) is 0 Å². The molecule has 5 rings (SSSR count). The summed E-state index contributed by atoms with van der Waals surface area (Å²) >= 11 is 0. The van der Waals surface area contributed by atoms with Crippen LogP contribution in [0.5, 0.6) is 11.5 Å². The van der Waals surface area contributed by atoms with Crippen LogP contribution in [0.1, 0.15) is 90.0 Å². The number of benzene rings is 2. The van der Waals surface area contributed by atoms with Gasteiger partial charge in [0, 0.05) is 23.1 Å². The zero-order valence-corrected chi connectivity index (χ0v) is 24.6. The number of halogens is 1. The van der Waals surface area contributed by atoms with Crippen LogP contribution in [0.3, 0.4) is 0 Å². The third-order valence-corrected chi connectivity index (χ3v) is 7.61. The second-order valence-electron chi connectivity index (χ2n) is 10.7. The normalized spacial score (nSPS) is 21.3. The van der Waals surface area contributed by atoms with Crippen LogP contribution in [0, 0.1) is 5.82 Å². The minimum Gasteiger partial charge on any atom is -0.492 e. The molecule has 3 aliphatic rings. The van der Waals surface area contributed by atoms with Gasteiger partial charge in [-0.25, -0.2) is 4.39 Å². The Balaban J connectivity index is 0.000000787. The summed E-state index contributed by atoms with van der Waals surface area (Å²) in [6, 6.07) is 8.83. The van der Waals surface area contributed by atoms with Gasteiger partial charge in [-0.2, -0.15) is 0 Å². The lowest BCUT2D eigenvalue weighted by atomic mass is 9.75. The molecule has 0 bridgehead atoms. The quantitative estimate of drug-likeness (QED) is 0.247. The first kappa shape index (κ1) is 30.7. The molecule has 2 aliphatic heterocycles. The molecule has 0 aromatic heterocycles. The molecule has 0 N–H and O–H groups in total. The number of hydrogen-bond acceptors (Lipinski definition) is 6. The number of allylic oxidation sites excluding steroid dienone is 1. The van der Waals surface area contributed by atoms with Gasteiger partial charge in [0.15, 0.2) is 0 Å². The number of carbonyl (C=O) groups is 1. The third kappa shape index (κ3) is 6.33. The molecular weight excluding hydrogens is 498 g/mol. The summed E-state index contributed by atoms with van der Waals surface area (Å²) in [5.41, 5.74) is 2.35. The molecule has 1 saturated heterocycles. The highest BCUT2D eigenvalue weighted by Gasteiger charge is 2.52. The van der Waals surface area contributed by atoms with E-state index in [-0.39, 0.29) is 24.1 Å². The van der Waals surface area contributed by atoms with Crippen molar-refractivity contribution in [3.63, 3.8) is 0 Å². The summed E-state index contributed by atoms with van der Waals surface area (Å²) in [6.45, 7) is 17.7. The van der Waals surface area contributed by atoms with E-state index in [0.29, 0.717) is 36.5 Å². The van der Waals surface area contributed by atoms with Gasteiger partial charge in [0.05, 0.1) is 31.3 Å². The highest BCUT2D eigenvalue weighted by atomic mass is 19.1. The van der Waals surface area contributed by atoms with Crippen LogP contribution < -0.4 is 14.9 Å². The van der Waals surface area contributed by atoms with Crippen molar-refractivity contribution in [2.24, 2.45) is 0 Å². The summed E-state index contributed by atoms with van der Waals surface area (Å²) in [7, 11) is 0.838. The van der Waals surface area contributed by atoms with Gasteiger partial charge in [-0.3, -0.25) is 4.79 Å². The van der Waals surface area contributed by atoms with E-state index in [2.05, 4.69) is 6.58 Å². The number of fused-ring (bicyclic) bond motifs is 2. The minimum atomic E-state index is -0.543. The Hall–Kier alpha value is -2.84. The van der Waals surface area contributed by atoms with E-state index in [9.17, 15) is 4.79 Å². The van der Waals surface area contributed by atoms with Crippen LogP contribution >= 0.6 is 0 Å². The molecule has 1 fully saturated rings. The summed E-state index contributed by atoms with van der Waals surface area (Å²) in [5, 5.41) is 0. The largest absolute Gasteiger partial charge is 0.495 e. The lowest BCUT2D eigenvalue weighted by molar-refractivity contribution is -0.141. The number of hydrogen-bond donors (Lipinski definition) is 0. The van der Waals surface area contributed by atoms with Gasteiger partial charge in [0.25, 0.3) is 0 Å². The van der Waals surface area contributed by atoms with Crippen molar-refractivity contribution in [2.75, 3.05) is 13.7 Å². The first-order chi connectivity index (χ1) is 18.5. The van der Waals surface area contributed by atoms with Gasteiger partial charge in [0.2, 0.25) is 0 Å². The molecule has 0 saturated carbocycles. The molecule has 2 atom stereocenters. The summed E-state index contributed by atoms with van der Waals surface area (Å²) in [6.07, 6.45) is 2.95. The highest BCUT2D eigenvalue weighted by Crippen LogP contribution is 2.42. The number of carbonyl (C=O) groups excluding carboxylic acids is 1. The maximum absolute atomic E-state index is 15.0. The highest BCUT2D eigenvalue weighted by molar-refractivity contribution is 6.62. The van der Waals surface area contributed by atoms with Crippen molar-refractivity contribution >= 4 is 18.6 Å². The average molecular weight is 540 g/mol. The van der Waals surface area contributed by atoms with Gasteiger partial charge in [0.1, 0.15) is 23.4 Å². The number of ether oxygens (including phenoxy) is 3.